The maximum atomic E-state index is 4.41. The van der Waals surface area contributed by atoms with Gasteiger partial charge in [-0.05, 0) is 55.9 Å². The van der Waals surface area contributed by atoms with E-state index in [1.807, 2.05) is 20.0 Å². The van der Waals surface area contributed by atoms with Gasteiger partial charge in [0.2, 0.25) is 0 Å². The van der Waals surface area contributed by atoms with Crippen molar-refractivity contribution < 1.29 is 0 Å². The Balaban J connectivity index is 2.19. The number of rotatable bonds is 4. The van der Waals surface area contributed by atoms with E-state index in [0.29, 0.717) is 0 Å². The SMILES string of the molecule is CNCc1ccc(Sc2nccc(C)n2)c(C)c1. The molecular weight excluding hydrogens is 242 g/mol. The summed E-state index contributed by atoms with van der Waals surface area (Å²) in [6, 6.07) is 8.39. The van der Waals surface area contributed by atoms with Crippen molar-refractivity contribution in [2.24, 2.45) is 0 Å². The van der Waals surface area contributed by atoms with Crippen LogP contribution in [-0.4, -0.2) is 17.0 Å². The molecule has 2 rings (SSSR count). The number of aromatic nitrogens is 2. The smallest absolute Gasteiger partial charge is 0.192 e. The summed E-state index contributed by atoms with van der Waals surface area (Å²) >= 11 is 1.61. The van der Waals surface area contributed by atoms with Gasteiger partial charge in [0.1, 0.15) is 0 Å². The highest BCUT2D eigenvalue weighted by atomic mass is 32.2. The number of hydrogen-bond acceptors (Lipinski definition) is 4. The summed E-state index contributed by atoms with van der Waals surface area (Å²) in [5, 5.41) is 3.96. The maximum absolute atomic E-state index is 4.41. The second kappa shape index (κ2) is 5.98. The van der Waals surface area contributed by atoms with Crippen LogP contribution < -0.4 is 5.32 Å². The first-order chi connectivity index (χ1) is 8.69. The van der Waals surface area contributed by atoms with Crippen molar-refractivity contribution in [2.45, 2.75) is 30.4 Å². The van der Waals surface area contributed by atoms with Crippen LogP contribution >= 0.6 is 11.8 Å². The van der Waals surface area contributed by atoms with Crippen LogP contribution in [-0.2, 0) is 6.54 Å². The first kappa shape index (κ1) is 13.1. The van der Waals surface area contributed by atoms with E-state index in [1.54, 1.807) is 18.0 Å². The molecule has 0 saturated carbocycles. The third kappa shape index (κ3) is 3.31. The largest absolute Gasteiger partial charge is 0.316 e. The molecule has 94 valence electrons. The van der Waals surface area contributed by atoms with Crippen LogP contribution in [0.4, 0.5) is 0 Å². The van der Waals surface area contributed by atoms with E-state index in [2.05, 4.69) is 40.4 Å². The average Bonchev–Trinajstić information content (AvgIpc) is 2.33. The molecular formula is C14H17N3S. The van der Waals surface area contributed by atoms with Crippen molar-refractivity contribution in [3.8, 4) is 0 Å². The summed E-state index contributed by atoms with van der Waals surface area (Å²) in [4.78, 5) is 9.89. The van der Waals surface area contributed by atoms with Crippen molar-refractivity contribution in [2.75, 3.05) is 7.05 Å². The average molecular weight is 259 g/mol. The first-order valence-electron chi connectivity index (χ1n) is 5.90. The third-order valence-electron chi connectivity index (χ3n) is 2.59. The second-order valence-corrected chi connectivity index (χ2v) is 5.22. The molecule has 1 aromatic heterocycles. The molecule has 0 radical (unpaired) electrons. The highest BCUT2D eigenvalue weighted by Crippen LogP contribution is 2.28. The van der Waals surface area contributed by atoms with E-state index in [0.717, 1.165) is 17.4 Å². The van der Waals surface area contributed by atoms with Crippen molar-refractivity contribution >= 4 is 11.8 Å². The number of nitrogens with one attached hydrogen (secondary N) is 1. The maximum Gasteiger partial charge on any atom is 0.192 e. The summed E-state index contributed by atoms with van der Waals surface area (Å²) in [5.74, 6) is 0. The molecule has 0 aliphatic heterocycles. The zero-order valence-electron chi connectivity index (χ0n) is 10.9. The third-order valence-corrected chi connectivity index (χ3v) is 3.65. The van der Waals surface area contributed by atoms with E-state index >= 15 is 0 Å². The topological polar surface area (TPSA) is 37.8 Å². The van der Waals surface area contributed by atoms with Gasteiger partial charge in [0.15, 0.2) is 5.16 Å². The Hall–Kier alpha value is -1.39. The Kier molecular flexibility index (Phi) is 4.33. The van der Waals surface area contributed by atoms with Gasteiger partial charge < -0.3 is 5.32 Å². The van der Waals surface area contributed by atoms with Gasteiger partial charge in [0.25, 0.3) is 0 Å². The molecule has 0 amide bonds. The Morgan fingerprint density at radius 3 is 2.72 bits per heavy atom. The quantitative estimate of drug-likeness (QED) is 0.857. The minimum atomic E-state index is 0.805. The van der Waals surface area contributed by atoms with Crippen molar-refractivity contribution in [1.82, 2.24) is 15.3 Å². The van der Waals surface area contributed by atoms with Crippen molar-refractivity contribution in [3.63, 3.8) is 0 Å². The van der Waals surface area contributed by atoms with Crippen molar-refractivity contribution in [3.05, 3.63) is 47.3 Å². The lowest BCUT2D eigenvalue weighted by Gasteiger charge is -2.07. The summed E-state index contributed by atoms with van der Waals surface area (Å²) in [7, 11) is 1.96. The molecule has 18 heavy (non-hydrogen) atoms. The molecule has 0 saturated heterocycles. The first-order valence-corrected chi connectivity index (χ1v) is 6.72. The van der Waals surface area contributed by atoms with Gasteiger partial charge in [-0.2, -0.15) is 0 Å². The molecule has 0 aliphatic rings. The fourth-order valence-corrected chi connectivity index (χ4v) is 2.57. The molecule has 0 atom stereocenters. The van der Waals surface area contributed by atoms with Gasteiger partial charge in [-0.3, -0.25) is 0 Å². The van der Waals surface area contributed by atoms with Crippen LogP contribution in [0.3, 0.4) is 0 Å². The summed E-state index contributed by atoms with van der Waals surface area (Å²) < 4.78 is 0. The molecule has 0 bridgehead atoms. The fourth-order valence-electron chi connectivity index (χ4n) is 1.71. The highest BCUT2D eigenvalue weighted by molar-refractivity contribution is 7.99. The number of aryl methyl sites for hydroxylation is 2. The molecule has 0 spiro atoms. The van der Waals surface area contributed by atoms with E-state index in [1.165, 1.54) is 16.0 Å². The minimum absolute atomic E-state index is 0.805. The molecule has 0 aliphatic carbocycles. The molecule has 0 fully saturated rings. The number of benzene rings is 1. The molecule has 1 heterocycles. The molecule has 0 unspecified atom stereocenters. The van der Waals surface area contributed by atoms with Crippen LogP contribution in [0, 0.1) is 13.8 Å². The Morgan fingerprint density at radius 2 is 2.06 bits per heavy atom. The molecule has 3 nitrogen and oxygen atoms in total. The summed E-state index contributed by atoms with van der Waals surface area (Å²) in [6.45, 7) is 5.00. The highest BCUT2D eigenvalue weighted by Gasteiger charge is 2.04. The fraction of sp³-hybridized carbons (Fsp3) is 0.286. The summed E-state index contributed by atoms with van der Waals surface area (Å²) in [5.41, 5.74) is 3.55. The van der Waals surface area contributed by atoms with Gasteiger partial charge in [-0.25, -0.2) is 9.97 Å². The van der Waals surface area contributed by atoms with Crippen LogP contribution in [0.5, 0.6) is 0 Å². The lowest BCUT2D eigenvalue weighted by atomic mass is 10.1. The standard InChI is InChI=1S/C14H17N3S/c1-10-8-12(9-15-3)4-5-13(10)18-14-16-7-6-11(2)17-14/h4-8,15H,9H2,1-3H3. The normalized spacial score (nSPS) is 10.6. The van der Waals surface area contributed by atoms with Gasteiger partial charge in [0, 0.05) is 23.3 Å². The predicted molar refractivity (Wildman–Crippen MR) is 74.8 cm³/mol. The van der Waals surface area contributed by atoms with E-state index in [-0.39, 0.29) is 0 Å². The van der Waals surface area contributed by atoms with E-state index < -0.39 is 0 Å². The predicted octanol–water partition coefficient (Wildman–Crippen LogP) is 2.96. The van der Waals surface area contributed by atoms with Crippen LogP contribution in [0.15, 0.2) is 40.5 Å². The van der Waals surface area contributed by atoms with E-state index in [9.17, 15) is 0 Å². The molecule has 2 aromatic rings. The van der Waals surface area contributed by atoms with E-state index in [4.69, 9.17) is 0 Å². The zero-order valence-corrected chi connectivity index (χ0v) is 11.7. The monoisotopic (exact) mass is 259 g/mol. The van der Waals surface area contributed by atoms with Gasteiger partial charge >= 0.3 is 0 Å². The molecule has 4 heteroatoms. The zero-order chi connectivity index (χ0) is 13.0. The Bertz CT molecular complexity index is 540. The van der Waals surface area contributed by atoms with Gasteiger partial charge in [-0.1, -0.05) is 12.1 Å². The van der Waals surface area contributed by atoms with Crippen LogP contribution in [0.25, 0.3) is 0 Å². The number of hydrogen-bond donors (Lipinski definition) is 1. The van der Waals surface area contributed by atoms with Crippen LogP contribution in [0.2, 0.25) is 0 Å². The molecule has 1 N–H and O–H groups in total. The Morgan fingerprint density at radius 1 is 1.22 bits per heavy atom. The lowest BCUT2D eigenvalue weighted by molar-refractivity contribution is 0.815. The van der Waals surface area contributed by atoms with Crippen molar-refractivity contribution in [1.29, 1.82) is 0 Å². The molecule has 1 aromatic carbocycles. The van der Waals surface area contributed by atoms with Crippen LogP contribution in [0.1, 0.15) is 16.8 Å². The van der Waals surface area contributed by atoms with Gasteiger partial charge in [-0.15, -0.1) is 0 Å². The second-order valence-electron chi connectivity index (χ2n) is 4.21. The van der Waals surface area contributed by atoms with Gasteiger partial charge in [0.05, 0.1) is 0 Å². The summed E-state index contributed by atoms with van der Waals surface area (Å²) in [6.07, 6.45) is 1.80. The Labute approximate surface area is 112 Å². The lowest BCUT2D eigenvalue weighted by Crippen LogP contribution is -2.05. The number of nitrogens with zero attached hydrogens (tertiary/aromatic N) is 2. The minimum Gasteiger partial charge on any atom is -0.316 e.